The van der Waals surface area contributed by atoms with Crippen LogP contribution in [0.5, 0.6) is 0 Å². The van der Waals surface area contributed by atoms with E-state index in [2.05, 4.69) is 57.0 Å². The first-order valence-corrected chi connectivity index (χ1v) is 9.59. The molecule has 20 heavy (non-hydrogen) atoms. The van der Waals surface area contributed by atoms with Gasteiger partial charge in [-0.05, 0) is 47.0 Å². The predicted molar refractivity (Wildman–Crippen MR) is 93.9 cm³/mol. The molecule has 1 N–H and O–H groups in total. The van der Waals surface area contributed by atoms with E-state index in [1.807, 2.05) is 11.8 Å². The minimum Gasteiger partial charge on any atom is -0.379 e. The van der Waals surface area contributed by atoms with Crippen LogP contribution in [0.1, 0.15) is 30.6 Å². The van der Waals surface area contributed by atoms with Crippen molar-refractivity contribution in [2.24, 2.45) is 0 Å². The molecular formula is C16H18BrNS2. The van der Waals surface area contributed by atoms with Gasteiger partial charge >= 0.3 is 0 Å². The topological polar surface area (TPSA) is 12.0 Å². The average molecular weight is 368 g/mol. The summed E-state index contributed by atoms with van der Waals surface area (Å²) in [7, 11) is 0. The van der Waals surface area contributed by atoms with Crippen LogP contribution in [0.3, 0.4) is 0 Å². The molecular weight excluding hydrogens is 350 g/mol. The molecule has 1 fully saturated rings. The van der Waals surface area contributed by atoms with E-state index in [1.165, 1.54) is 45.6 Å². The Morgan fingerprint density at radius 2 is 2.05 bits per heavy atom. The van der Waals surface area contributed by atoms with E-state index in [0.717, 1.165) is 11.8 Å². The molecule has 0 unspecified atom stereocenters. The maximum Gasteiger partial charge on any atom is 0.0494 e. The quantitative estimate of drug-likeness (QED) is 0.679. The lowest BCUT2D eigenvalue weighted by Gasteiger charge is -2.14. The summed E-state index contributed by atoms with van der Waals surface area (Å²) in [5.74, 6) is 0. The highest BCUT2D eigenvalue weighted by atomic mass is 79.9. The van der Waals surface area contributed by atoms with Crippen LogP contribution in [-0.4, -0.2) is 5.25 Å². The second-order valence-corrected chi connectivity index (χ2v) is 8.36. The van der Waals surface area contributed by atoms with Crippen molar-refractivity contribution in [2.45, 2.75) is 42.4 Å². The van der Waals surface area contributed by atoms with Crippen LogP contribution in [0.15, 0.2) is 45.1 Å². The summed E-state index contributed by atoms with van der Waals surface area (Å²) in [4.78, 5) is 2.76. The van der Waals surface area contributed by atoms with Crippen molar-refractivity contribution < 1.29 is 0 Å². The zero-order valence-electron chi connectivity index (χ0n) is 11.3. The zero-order chi connectivity index (χ0) is 13.8. The van der Waals surface area contributed by atoms with Crippen molar-refractivity contribution in [3.8, 4) is 0 Å². The van der Waals surface area contributed by atoms with E-state index in [9.17, 15) is 0 Å². The van der Waals surface area contributed by atoms with Crippen molar-refractivity contribution in [2.75, 3.05) is 5.32 Å². The Kier molecular flexibility index (Phi) is 5.08. The molecule has 0 bridgehead atoms. The molecule has 4 heteroatoms. The number of nitrogens with one attached hydrogen (secondary N) is 1. The van der Waals surface area contributed by atoms with Gasteiger partial charge in [0.2, 0.25) is 0 Å². The van der Waals surface area contributed by atoms with Crippen LogP contribution in [0.25, 0.3) is 0 Å². The maximum atomic E-state index is 3.59. The highest BCUT2D eigenvalue weighted by Gasteiger charge is 2.17. The molecule has 0 radical (unpaired) electrons. The molecule has 1 aliphatic carbocycles. The molecule has 0 aliphatic heterocycles. The molecule has 1 aliphatic rings. The lowest BCUT2D eigenvalue weighted by molar-refractivity contribution is 0.886. The van der Waals surface area contributed by atoms with Gasteiger partial charge in [-0.1, -0.05) is 25.0 Å². The molecule has 0 spiro atoms. The first-order chi connectivity index (χ1) is 9.81. The van der Waals surface area contributed by atoms with Crippen LogP contribution < -0.4 is 5.32 Å². The fourth-order valence-corrected chi connectivity index (χ4v) is 5.27. The molecule has 1 saturated carbocycles. The highest BCUT2D eigenvalue weighted by molar-refractivity contribution is 9.10. The lowest BCUT2D eigenvalue weighted by Crippen LogP contribution is -2.01. The Balaban J connectivity index is 1.65. The average Bonchev–Trinajstić information content (AvgIpc) is 3.10. The van der Waals surface area contributed by atoms with E-state index in [0.29, 0.717) is 0 Å². The Morgan fingerprint density at radius 1 is 1.25 bits per heavy atom. The fourth-order valence-electron chi connectivity index (χ4n) is 2.53. The first-order valence-electron chi connectivity index (χ1n) is 7.04. The Morgan fingerprint density at radius 3 is 2.80 bits per heavy atom. The number of rotatable bonds is 5. The molecule has 1 nitrogen and oxygen atoms in total. The van der Waals surface area contributed by atoms with Gasteiger partial charge < -0.3 is 5.32 Å². The molecule has 1 aromatic heterocycles. The van der Waals surface area contributed by atoms with Gasteiger partial charge in [0.05, 0.1) is 0 Å². The number of thiophene rings is 1. The minimum atomic E-state index is 0.814. The summed E-state index contributed by atoms with van der Waals surface area (Å²) in [6.07, 6.45) is 5.54. The molecule has 3 rings (SSSR count). The third-order valence-electron chi connectivity index (χ3n) is 3.56. The molecule has 0 atom stereocenters. The van der Waals surface area contributed by atoms with Crippen LogP contribution in [0.2, 0.25) is 0 Å². The van der Waals surface area contributed by atoms with Gasteiger partial charge in [-0.3, -0.25) is 0 Å². The van der Waals surface area contributed by atoms with Crippen molar-refractivity contribution in [1.29, 1.82) is 0 Å². The van der Waals surface area contributed by atoms with Crippen LogP contribution in [-0.2, 0) is 6.54 Å². The summed E-state index contributed by atoms with van der Waals surface area (Å²) in [5, 5.41) is 6.53. The molecule has 0 saturated heterocycles. The Hall–Kier alpha value is -0.450. The van der Waals surface area contributed by atoms with E-state index in [-0.39, 0.29) is 0 Å². The lowest BCUT2D eigenvalue weighted by atomic mass is 10.3. The fraction of sp³-hybridized carbons (Fsp3) is 0.375. The normalized spacial score (nSPS) is 15.7. The predicted octanol–water partition coefficient (Wildman–Crippen LogP) is 6.16. The second kappa shape index (κ2) is 7.01. The zero-order valence-corrected chi connectivity index (χ0v) is 14.5. The van der Waals surface area contributed by atoms with Gasteiger partial charge in [0.15, 0.2) is 0 Å². The monoisotopic (exact) mass is 367 g/mol. The standard InChI is InChI=1S/C16H18BrNS2/c17-12-9-14(19-11-12)10-18-15-7-3-4-8-16(15)20-13-5-1-2-6-13/h3-4,7-9,11,13,18H,1-2,5-6,10H2. The number of hydrogen-bond acceptors (Lipinski definition) is 3. The third-order valence-corrected chi connectivity index (χ3v) is 6.67. The van der Waals surface area contributed by atoms with Gasteiger partial charge in [0, 0.05) is 37.1 Å². The summed E-state index contributed by atoms with van der Waals surface area (Å²) in [6, 6.07) is 10.9. The van der Waals surface area contributed by atoms with Gasteiger partial charge in [-0.25, -0.2) is 0 Å². The molecule has 1 aromatic carbocycles. The van der Waals surface area contributed by atoms with E-state index in [4.69, 9.17) is 0 Å². The number of anilines is 1. The summed E-state index contributed by atoms with van der Waals surface area (Å²) in [6.45, 7) is 0.901. The smallest absolute Gasteiger partial charge is 0.0494 e. The van der Waals surface area contributed by atoms with Crippen LogP contribution in [0.4, 0.5) is 5.69 Å². The van der Waals surface area contributed by atoms with Crippen molar-refractivity contribution in [3.05, 3.63) is 45.1 Å². The van der Waals surface area contributed by atoms with E-state index < -0.39 is 0 Å². The number of halogens is 1. The highest BCUT2D eigenvalue weighted by Crippen LogP contribution is 2.38. The summed E-state index contributed by atoms with van der Waals surface area (Å²) >= 11 is 7.35. The Labute approximate surface area is 137 Å². The van der Waals surface area contributed by atoms with Gasteiger partial charge in [0.25, 0.3) is 0 Å². The number of para-hydroxylation sites is 1. The minimum absolute atomic E-state index is 0.814. The van der Waals surface area contributed by atoms with Crippen molar-refractivity contribution in [3.63, 3.8) is 0 Å². The Bertz CT molecular complexity index is 561. The first kappa shape index (κ1) is 14.5. The molecule has 106 valence electrons. The van der Waals surface area contributed by atoms with Crippen molar-refractivity contribution in [1.82, 2.24) is 0 Å². The molecule has 1 heterocycles. The van der Waals surface area contributed by atoms with Gasteiger partial charge in [-0.15, -0.1) is 23.1 Å². The third kappa shape index (κ3) is 3.80. The van der Waals surface area contributed by atoms with Crippen LogP contribution in [0, 0.1) is 0 Å². The van der Waals surface area contributed by atoms with Crippen molar-refractivity contribution >= 4 is 44.7 Å². The largest absolute Gasteiger partial charge is 0.379 e. The SMILES string of the molecule is Brc1csc(CNc2ccccc2SC2CCCC2)c1. The molecule has 0 amide bonds. The number of benzene rings is 1. The maximum absolute atomic E-state index is 3.59. The number of thioether (sulfide) groups is 1. The second-order valence-electron chi connectivity index (χ2n) is 5.11. The van der Waals surface area contributed by atoms with Gasteiger partial charge in [-0.2, -0.15) is 0 Å². The molecule has 2 aromatic rings. The van der Waals surface area contributed by atoms with Gasteiger partial charge in [0.1, 0.15) is 0 Å². The van der Waals surface area contributed by atoms with Crippen LogP contribution >= 0.6 is 39.0 Å². The van der Waals surface area contributed by atoms with E-state index in [1.54, 1.807) is 11.3 Å². The van der Waals surface area contributed by atoms with E-state index >= 15 is 0 Å². The summed E-state index contributed by atoms with van der Waals surface area (Å²) < 4.78 is 1.17. The number of hydrogen-bond donors (Lipinski definition) is 1. The summed E-state index contributed by atoms with van der Waals surface area (Å²) in [5.41, 5.74) is 1.27.